The van der Waals surface area contributed by atoms with E-state index in [0.29, 0.717) is 0 Å². The quantitative estimate of drug-likeness (QED) is 0.105. The summed E-state index contributed by atoms with van der Waals surface area (Å²) < 4.78 is 1.36. The van der Waals surface area contributed by atoms with E-state index in [1.54, 1.807) is 0 Å². The van der Waals surface area contributed by atoms with Crippen LogP contribution >= 0.6 is 22.6 Å². The largest absolute Gasteiger partial charge is 0.279 e. The molecule has 0 aliphatic rings. The highest BCUT2D eigenvalue weighted by Crippen LogP contribution is 2.23. The van der Waals surface area contributed by atoms with Crippen molar-refractivity contribution in [1.29, 1.82) is 0 Å². The van der Waals surface area contributed by atoms with Crippen molar-refractivity contribution in [3.63, 3.8) is 0 Å². The van der Waals surface area contributed by atoms with Crippen LogP contribution < -0.4 is 0 Å². The fraction of sp³-hybridized carbons (Fsp3) is 0.267. The minimum Gasteiger partial charge on any atom is -0.279 e. The third kappa shape index (κ3) is 7.39. The van der Waals surface area contributed by atoms with E-state index < -0.39 is 0 Å². The lowest BCUT2D eigenvalue weighted by atomic mass is 9.99. The summed E-state index contributed by atoms with van der Waals surface area (Å²) in [5.74, 6) is 0. The van der Waals surface area contributed by atoms with E-state index in [9.17, 15) is 0 Å². The molecule has 0 aliphatic heterocycles. The van der Waals surface area contributed by atoms with Gasteiger partial charge in [-0.15, -0.1) is 5.11 Å². The second kappa shape index (κ2) is 13.2. The second-order valence-electron chi connectivity index (χ2n) is 8.10. The van der Waals surface area contributed by atoms with Crippen LogP contribution in [0.1, 0.15) is 61.1 Å². The maximum atomic E-state index is 4.30. The lowest BCUT2D eigenvalue weighted by molar-refractivity contribution is 0.301. The maximum Gasteiger partial charge on any atom is 0.0874 e. The average Bonchev–Trinajstić information content (AvgIpc) is 2.88. The van der Waals surface area contributed by atoms with Crippen molar-refractivity contribution >= 4 is 52.6 Å². The minimum absolute atomic E-state index is 0.862. The molecule has 0 spiro atoms. The standard InChI is InChI=1S/C30H34IN3/c1-5-26-22-30(31)27(6-2)21-28(26)18-15-24-12-9-23(10-13-24)11-14-25-16-19-29(20-17-25)32-33-34(7-3)8-4/h9-22H,5-8H2,1-4H3/b14-11+,18-15+,33-32?. The number of nitrogens with zero attached hydrogens (tertiary/aromatic N) is 3. The number of hydrogen-bond donors (Lipinski definition) is 0. The minimum atomic E-state index is 0.862. The van der Waals surface area contributed by atoms with Crippen molar-refractivity contribution in [3.8, 4) is 0 Å². The Morgan fingerprint density at radius 3 is 1.68 bits per heavy atom. The SMILES string of the molecule is CCc1cc(/C=C/c2ccc(/C=C/c3ccc(N=NN(CC)CC)cc3)cc2)c(CC)cc1I. The molecule has 0 saturated heterocycles. The van der Waals surface area contributed by atoms with Crippen LogP contribution in [0.15, 0.2) is 71.0 Å². The summed E-state index contributed by atoms with van der Waals surface area (Å²) in [6.07, 6.45) is 10.8. The summed E-state index contributed by atoms with van der Waals surface area (Å²) in [5, 5.41) is 10.5. The summed E-state index contributed by atoms with van der Waals surface area (Å²) >= 11 is 2.45. The molecular weight excluding hydrogens is 529 g/mol. The zero-order valence-electron chi connectivity index (χ0n) is 20.6. The molecule has 0 saturated carbocycles. The number of halogens is 1. The van der Waals surface area contributed by atoms with Crippen LogP contribution in [0, 0.1) is 3.57 Å². The van der Waals surface area contributed by atoms with E-state index in [4.69, 9.17) is 0 Å². The van der Waals surface area contributed by atoms with Gasteiger partial charge in [0.05, 0.1) is 5.69 Å². The number of aryl methyl sites for hydroxylation is 2. The molecule has 0 N–H and O–H groups in total. The molecule has 0 radical (unpaired) electrons. The van der Waals surface area contributed by atoms with Gasteiger partial charge in [0, 0.05) is 16.7 Å². The molecule has 0 atom stereocenters. The highest BCUT2D eigenvalue weighted by atomic mass is 127. The van der Waals surface area contributed by atoms with Gasteiger partial charge >= 0.3 is 0 Å². The van der Waals surface area contributed by atoms with E-state index in [2.05, 4.69) is 133 Å². The topological polar surface area (TPSA) is 28.0 Å². The number of hydrogen-bond acceptors (Lipinski definition) is 2. The monoisotopic (exact) mass is 563 g/mol. The fourth-order valence-electron chi connectivity index (χ4n) is 3.62. The molecule has 34 heavy (non-hydrogen) atoms. The third-order valence-corrected chi connectivity index (χ3v) is 6.84. The Bertz CT molecular complexity index is 1140. The van der Waals surface area contributed by atoms with E-state index in [-0.39, 0.29) is 0 Å². The summed E-state index contributed by atoms with van der Waals surface area (Å²) in [6.45, 7) is 10.3. The smallest absolute Gasteiger partial charge is 0.0874 e. The van der Waals surface area contributed by atoms with Crippen LogP contribution in [0.4, 0.5) is 5.69 Å². The van der Waals surface area contributed by atoms with Crippen LogP contribution in [0.5, 0.6) is 0 Å². The summed E-state index contributed by atoms with van der Waals surface area (Å²) in [6, 6.07) is 21.5. The van der Waals surface area contributed by atoms with E-state index in [1.807, 2.05) is 17.1 Å². The highest BCUT2D eigenvalue weighted by Gasteiger charge is 2.04. The molecule has 0 bridgehead atoms. The van der Waals surface area contributed by atoms with Crippen LogP contribution in [0.3, 0.4) is 0 Å². The Balaban J connectivity index is 1.65. The van der Waals surface area contributed by atoms with Crippen molar-refractivity contribution < 1.29 is 0 Å². The molecule has 3 aromatic rings. The van der Waals surface area contributed by atoms with Gasteiger partial charge in [-0.3, -0.25) is 5.01 Å². The summed E-state index contributed by atoms with van der Waals surface area (Å²) in [4.78, 5) is 0. The Morgan fingerprint density at radius 1 is 0.676 bits per heavy atom. The first kappa shape index (κ1) is 25.9. The van der Waals surface area contributed by atoms with E-state index >= 15 is 0 Å². The molecule has 3 nitrogen and oxygen atoms in total. The van der Waals surface area contributed by atoms with Gasteiger partial charge in [-0.2, -0.15) is 0 Å². The van der Waals surface area contributed by atoms with E-state index in [1.165, 1.54) is 31.4 Å². The molecule has 0 heterocycles. The van der Waals surface area contributed by atoms with Gasteiger partial charge in [0.2, 0.25) is 0 Å². The predicted molar refractivity (Wildman–Crippen MR) is 156 cm³/mol. The van der Waals surface area contributed by atoms with Crippen molar-refractivity contribution in [1.82, 2.24) is 5.01 Å². The number of rotatable bonds is 10. The molecule has 3 aromatic carbocycles. The molecule has 0 aromatic heterocycles. The van der Waals surface area contributed by atoms with Crippen molar-refractivity contribution in [2.75, 3.05) is 13.1 Å². The predicted octanol–water partition coefficient (Wildman–Crippen LogP) is 9.10. The summed E-state index contributed by atoms with van der Waals surface area (Å²) in [5.41, 5.74) is 8.53. The lowest BCUT2D eigenvalue weighted by Crippen LogP contribution is -2.14. The van der Waals surface area contributed by atoms with Crippen LogP contribution in [0.25, 0.3) is 24.3 Å². The number of benzene rings is 3. The Morgan fingerprint density at radius 2 is 1.18 bits per heavy atom. The normalized spacial score (nSPS) is 11.8. The van der Waals surface area contributed by atoms with Crippen molar-refractivity contribution in [2.24, 2.45) is 10.3 Å². The van der Waals surface area contributed by atoms with Gasteiger partial charge in [-0.1, -0.05) is 85.8 Å². The Labute approximate surface area is 218 Å². The van der Waals surface area contributed by atoms with Gasteiger partial charge in [-0.25, -0.2) is 0 Å². The molecule has 3 rings (SSSR count). The zero-order chi connectivity index (χ0) is 24.3. The highest BCUT2D eigenvalue weighted by molar-refractivity contribution is 14.1. The molecule has 0 aliphatic carbocycles. The first-order valence-corrected chi connectivity index (χ1v) is 13.2. The van der Waals surface area contributed by atoms with Crippen LogP contribution in [-0.2, 0) is 12.8 Å². The second-order valence-corrected chi connectivity index (χ2v) is 9.26. The first-order chi connectivity index (χ1) is 16.6. The van der Waals surface area contributed by atoms with Gasteiger partial charge in [0.15, 0.2) is 0 Å². The fourth-order valence-corrected chi connectivity index (χ4v) is 4.54. The summed E-state index contributed by atoms with van der Waals surface area (Å²) in [7, 11) is 0. The van der Waals surface area contributed by atoms with Gasteiger partial charge in [0.1, 0.15) is 0 Å². The molecule has 0 unspecified atom stereocenters. The molecular formula is C30H34IN3. The Kier molecular flexibility index (Phi) is 10.1. The average molecular weight is 564 g/mol. The zero-order valence-corrected chi connectivity index (χ0v) is 22.8. The van der Waals surface area contributed by atoms with Crippen molar-refractivity contribution in [3.05, 3.63) is 97.6 Å². The third-order valence-electron chi connectivity index (χ3n) is 5.84. The van der Waals surface area contributed by atoms with Gasteiger partial charge < -0.3 is 0 Å². The molecule has 176 valence electrons. The van der Waals surface area contributed by atoms with Gasteiger partial charge in [0.25, 0.3) is 0 Å². The molecule has 0 amide bonds. The maximum absolute atomic E-state index is 4.30. The van der Waals surface area contributed by atoms with Crippen molar-refractivity contribution in [2.45, 2.75) is 40.5 Å². The molecule has 4 heteroatoms. The van der Waals surface area contributed by atoms with Crippen LogP contribution in [-0.4, -0.2) is 18.1 Å². The van der Waals surface area contributed by atoms with Gasteiger partial charge in [-0.05, 0) is 101 Å². The molecule has 0 fully saturated rings. The first-order valence-electron chi connectivity index (χ1n) is 12.1. The Hall–Kier alpha value is -2.73. The lowest BCUT2D eigenvalue weighted by Gasteiger charge is -2.10. The van der Waals surface area contributed by atoms with Crippen LogP contribution in [0.2, 0.25) is 0 Å². The van der Waals surface area contributed by atoms with E-state index in [0.717, 1.165) is 37.2 Å².